The topological polar surface area (TPSA) is 46.9 Å². The standard InChI is InChI=1S/C20H26N2O2/c1-3-10-11-8-14-17-20(12-6-4-5-7-13(12)21(17)2)9-15(16(11)18(20)23)22(14)19(10)24/h4-7,10-11,14-19,23-24H,3,8-9H2,1-2H3/t10-,11?,14-,15-,16?,17-,18+,19+,20+/m0/s1. The van der Waals surface area contributed by atoms with Crippen LogP contribution in [0.25, 0.3) is 0 Å². The molecular formula is C20H26N2O2. The maximum absolute atomic E-state index is 11.6. The normalized spacial score (nSPS) is 55.8. The van der Waals surface area contributed by atoms with Crippen molar-refractivity contribution in [1.29, 1.82) is 0 Å². The molecule has 4 heteroatoms. The van der Waals surface area contributed by atoms with Gasteiger partial charge in [-0.3, -0.25) is 4.90 Å². The lowest BCUT2D eigenvalue weighted by molar-refractivity contribution is -0.211. The first-order valence-electron chi connectivity index (χ1n) is 9.57. The first kappa shape index (κ1) is 14.1. The van der Waals surface area contributed by atoms with E-state index in [1.807, 2.05) is 0 Å². The summed E-state index contributed by atoms with van der Waals surface area (Å²) in [6.45, 7) is 2.19. The maximum Gasteiger partial charge on any atom is 0.111 e. The van der Waals surface area contributed by atoms with Crippen LogP contribution in [0.15, 0.2) is 24.3 Å². The van der Waals surface area contributed by atoms with Crippen LogP contribution >= 0.6 is 0 Å². The lowest BCUT2D eigenvalue weighted by Crippen LogP contribution is -2.72. The quantitative estimate of drug-likeness (QED) is 0.822. The smallest absolute Gasteiger partial charge is 0.111 e. The number of anilines is 1. The lowest BCUT2D eigenvalue weighted by Gasteiger charge is -2.62. The van der Waals surface area contributed by atoms with E-state index in [1.165, 1.54) is 11.3 Å². The Hall–Kier alpha value is -1.10. The second-order valence-corrected chi connectivity index (χ2v) is 8.81. The zero-order chi connectivity index (χ0) is 16.4. The van der Waals surface area contributed by atoms with Gasteiger partial charge in [0.25, 0.3) is 0 Å². The van der Waals surface area contributed by atoms with E-state index in [0.29, 0.717) is 35.9 Å². The minimum atomic E-state index is -0.319. The van der Waals surface area contributed by atoms with Gasteiger partial charge in [0, 0.05) is 42.1 Å². The number of aliphatic hydroxyl groups is 2. The van der Waals surface area contributed by atoms with E-state index in [2.05, 4.69) is 48.0 Å². The second-order valence-electron chi connectivity index (χ2n) is 8.81. The van der Waals surface area contributed by atoms with Gasteiger partial charge in [-0.15, -0.1) is 0 Å². The van der Waals surface area contributed by atoms with Gasteiger partial charge in [-0.1, -0.05) is 25.1 Å². The fourth-order valence-electron chi connectivity index (χ4n) is 7.88. The molecule has 7 rings (SSSR count). The highest BCUT2D eigenvalue weighted by atomic mass is 16.3. The average Bonchev–Trinajstić information content (AvgIpc) is 2.97. The van der Waals surface area contributed by atoms with Crippen LogP contribution in [-0.4, -0.2) is 52.6 Å². The number of piperidine rings is 4. The van der Waals surface area contributed by atoms with Crippen molar-refractivity contribution in [1.82, 2.24) is 4.90 Å². The van der Waals surface area contributed by atoms with Gasteiger partial charge in [-0.2, -0.15) is 0 Å². The molecule has 1 aromatic rings. The van der Waals surface area contributed by atoms with Crippen molar-refractivity contribution < 1.29 is 10.2 Å². The molecule has 128 valence electrons. The average molecular weight is 326 g/mol. The Bertz CT molecular complexity index is 723. The third kappa shape index (κ3) is 1.20. The summed E-state index contributed by atoms with van der Waals surface area (Å²) in [4.78, 5) is 4.83. The second kappa shape index (κ2) is 4.17. The SMILES string of the molecule is CC[C@H]1C2C[C@H]3[C@@H]4N(C)c5ccccc5[C@]45C[C@@H](C2[C@H]5O)N3[C@@H]1O. The third-order valence-electron chi connectivity index (χ3n) is 8.46. The van der Waals surface area contributed by atoms with Gasteiger partial charge >= 0.3 is 0 Å². The van der Waals surface area contributed by atoms with Gasteiger partial charge in [0.15, 0.2) is 0 Å². The van der Waals surface area contributed by atoms with Gasteiger partial charge in [-0.25, -0.2) is 0 Å². The summed E-state index contributed by atoms with van der Waals surface area (Å²) >= 11 is 0. The molecule has 5 bridgehead atoms. The zero-order valence-corrected chi connectivity index (χ0v) is 14.3. The molecule has 4 saturated heterocycles. The van der Waals surface area contributed by atoms with Crippen LogP contribution < -0.4 is 4.90 Å². The largest absolute Gasteiger partial charge is 0.392 e. The summed E-state index contributed by atoms with van der Waals surface area (Å²) in [5, 5.41) is 22.6. The molecule has 5 fully saturated rings. The van der Waals surface area contributed by atoms with Crippen molar-refractivity contribution in [3.63, 3.8) is 0 Å². The Kier molecular flexibility index (Phi) is 2.45. The highest BCUT2D eigenvalue weighted by Gasteiger charge is 2.76. The predicted octanol–water partition coefficient (Wildman–Crippen LogP) is 1.55. The predicted molar refractivity (Wildman–Crippen MR) is 91.7 cm³/mol. The van der Waals surface area contributed by atoms with E-state index in [0.717, 1.165) is 19.3 Å². The van der Waals surface area contributed by atoms with Crippen LogP contribution in [-0.2, 0) is 5.41 Å². The van der Waals surface area contributed by atoms with Crippen LogP contribution in [0.2, 0.25) is 0 Å². The number of rotatable bonds is 1. The summed E-state index contributed by atoms with van der Waals surface area (Å²) in [5.41, 5.74) is 2.51. The number of para-hydroxylation sites is 1. The zero-order valence-electron chi connectivity index (χ0n) is 14.3. The Morgan fingerprint density at radius 2 is 2.00 bits per heavy atom. The summed E-state index contributed by atoms with van der Waals surface area (Å²) in [6, 6.07) is 9.70. The fraction of sp³-hybridized carbons (Fsp3) is 0.700. The number of benzene rings is 1. The maximum atomic E-state index is 11.6. The molecule has 0 aromatic heterocycles. The molecule has 1 spiro atoms. The van der Waals surface area contributed by atoms with Gasteiger partial charge < -0.3 is 15.1 Å². The summed E-state index contributed by atoms with van der Waals surface area (Å²) in [7, 11) is 2.19. The minimum Gasteiger partial charge on any atom is -0.392 e. The van der Waals surface area contributed by atoms with Crippen molar-refractivity contribution in [3.05, 3.63) is 29.8 Å². The van der Waals surface area contributed by atoms with Crippen LogP contribution in [0.5, 0.6) is 0 Å². The molecule has 0 radical (unpaired) electrons. The summed E-state index contributed by atoms with van der Waals surface area (Å²) < 4.78 is 0. The van der Waals surface area contributed by atoms with Crippen molar-refractivity contribution in [2.45, 2.75) is 62.1 Å². The van der Waals surface area contributed by atoms with Crippen LogP contribution in [0.1, 0.15) is 31.7 Å². The van der Waals surface area contributed by atoms with Crippen LogP contribution in [0.3, 0.4) is 0 Å². The Morgan fingerprint density at radius 3 is 2.79 bits per heavy atom. The van der Waals surface area contributed by atoms with E-state index >= 15 is 0 Å². The molecule has 5 heterocycles. The lowest BCUT2D eigenvalue weighted by atomic mass is 9.62. The van der Waals surface area contributed by atoms with Gasteiger partial charge in [0.2, 0.25) is 0 Å². The number of hydrogen-bond acceptors (Lipinski definition) is 4. The summed E-state index contributed by atoms with van der Waals surface area (Å²) in [6.07, 6.45) is 2.56. The molecule has 1 aliphatic carbocycles. The Balaban J connectivity index is 1.60. The number of likely N-dealkylation sites (N-methyl/N-ethyl adjacent to an activating group) is 1. The molecular weight excluding hydrogens is 300 g/mol. The van der Waals surface area contributed by atoms with Crippen LogP contribution in [0, 0.1) is 17.8 Å². The van der Waals surface area contributed by atoms with Crippen LogP contribution in [0.4, 0.5) is 5.69 Å². The van der Waals surface area contributed by atoms with E-state index in [4.69, 9.17) is 0 Å². The van der Waals surface area contributed by atoms with Crippen molar-refractivity contribution in [3.8, 4) is 0 Å². The Morgan fingerprint density at radius 1 is 1.21 bits per heavy atom. The number of aliphatic hydroxyl groups excluding tert-OH is 2. The fourth-order valence-corrected chi connectivity index (χ4v) is 7.88. The molecule has 2 N–H and O–H groups in total. The molecule has 24 heavy (non-hydrogen) atoms. The number of hydrogen-bond donors (Lipinski definition) is 2. The monoisotopic (exact) mass is 326 g/mol. The molecule has 1 aromatic carbocycles. The Labute approximate surface area is 143 Å². The molecule has 0 amide bonds. The first-order valence-corrected chi connectivity index (χ1v) is 9.57. The van der Waals surface area contributed by atoms with E-state index < -0.39 is 0 Å². The van der Waals surface area contributed by atoms with Crippen molar-refractivity contribution >= 4 is 5.69 Å². The van der Waals surface area contributed by atoms with Gasteiger partial charge in [-0.05, 0) is 36.8 Å². The minimum absolute atomic E-state index is 0.126. The molecule has 10 atom stereocenters. The molecule has 4 nitrogen and oxygen atoms in total. The van der Waals surface area contributed by atoms with E-state index in [1.54, 1.807) is 0 Å². The van der Waals surface area contributed by atoms with Gasteiger partial charge in [0.05, 0.1) is 12.1 Å². The van der Waals surface area contributed by atoms with Crippen molar-refractivity contribution in [2.24, 2.45) is 17.8 Å². The summed E-state index contributed by atoms with van der Waals surface area (Å²) in [5.74, 6) is 1.14. The first-order chi connectivity index (χ1) is 11.6. The third-order valence-corrected chi connectivity index (χ3v) is 8.46. The van der Waals surface area contributed by atoms with Crippen molar-refractivity contribution in [2.75, 3.05) is 11.9 Å². The molecule has 3 unspecified atom stereocenters. The number of fused-ring (bicyclic) bond motifs is 2. The van der Waals surface area contributed by atoms with E-state index in [9.17, 15) is 10.2 Å². The molecule has 6 aliphatic rings. The highest BCUT2D eigenvalue weighted by molar-refractivity contribution is 5.67. The number of nitrogens with zero attached hydrogens (tertiary/aromatic N) is 2. The van der Waals surface area contributed by atoms with E-state index in [-0.39, 0.29) is 17.7 Å². The molecule has 5 aliphatic heterocycles. The van der Waals surface area contributed by atoms with Gasteiger partial charge in [0.1, 0.15) is 6.23 Å². The molecule has 1 saturated carbocycles. The highest BCUT2D eigenvalue weighted by Crippen LogP contribution is 2.68.